The molecule has 0 spiro atoms. The highest BCUT2D eigenvalue weighted by Gasteiger charge is 2.07. The maximum Gasteiger partial charge on any atom is 0.161 e. The highest BCUT2D eigenvalue weighted by molar-refractivity contribution is 7.79. The minimum absolute atomic E-state index is 0.0586. The largest absolute Gasteiger partial charge is 0.207 e. The lowest BCUT2D eigenvalue weighted by molar-refractivity contribution is 0.492. The molecule has 0 aromatic heterocycles. The van der Waals surface area contributed by atoms with Gasteiger partial charge in [-0.2, -0.15) is 12.6 Å². The lowest BCUT2D eigenvalue weighted by Gasteiger charge is -1.98. The van der Waals surface area contributed by atoms with Crippen molar-refractivity contribution in [3.63, 3.8) is 0 Å². The van der Waals surface area contributed by atoms with Gasteiger partial charge in [0, 0.05) is 17.4 Å². The molecule has 1 aromatic rings. The quantitative estimate of drug-likeness (QED) is 0.495. The van der Waals surface area contributed by atoms with Gasteiger partial charge in [-0.15, -0.1) is 0 Å². The Morgan fingerprint density at radius 1 is 1.00 bits per heavy atom. The lowest BCUT2D eigenvalue weighted by atomic mass is 10.2. The Balaban J connectivity index is 3.21. The monoisotopic (exact) mass is 178 g/mol. The zero-order valence-electron chi connectivity index (χ0n) is 5.44. The lowest BCUT2D eigenvalue weighted by Crippen LogP contribution is -1.92. The van der Waals surface area contributed by atoms with Crippen LogP contribution in [0.1, 0.15) is 5.56 Å². The van der Waals surface area contributed by atoms with Gasteiger partial charge < -0.3 is 0 Å². The summed E-state index contributed by atoms with van der Waals surface area (Å²) in [7, 11) is 0. The molecule has 1 rings (SSSR count). The minimum atomic E-state index is -1.17. The summed E-state index contributed by atoms with van der Waals surface area (Å²) in [5.41, 5.74) is 0.0623. The Hall–Kier alpha value is -0.640. The van der Waals surface area contributed by atoms with Crippen LogP contribution in [-0.4, -0.2) is 0 Å². The maximum absolute atomic E-state index is 12.6. The van der Waals surface area contributed by atoms with Crippen LogP contribution in [0.4, 0.5) is 13.2 Å². The highest BCUT2D eigenvalue weighted by Crippen LogP contribution is 2.14. The van der Waals surface area contributed by atoms with Crippen molar-refractivity contribution in [2.45, 2.75) is 5.75 Å². The summed E-state index contributed by atoms with van der Waals surface area (Å²) in [6.07, 6.45) is 0. The topological polar surface area (TPSA) is 0 Å². The minimum Gasteiger partial charge on any atom is -0.207 e. The first-order chi connectivity index (χ1) is 5.15. The van der Waals surface area contributed by atoms with Crippen molar-refractivity contribution in [3.05, 3.63) is 35.1 Å². The molecular weight excluding hydrogens is 173 g/mol. The van der Waals surface area contributed by atoms with Crippen LogP contribution in [0.25, 0.3) is 0 Å². The summed E-state index contributed by atoms with van der Waals surface area (Å²) in [5, 5.41) is 0. The van der Waals surface area contributed by atoms with Crippen LogP contribution >= 0.6 is 12.6 Å². The third kappa shape index (κ3) is 1.68. The van der Waals surface area contributed by atoms with Gasteiger partial charge in [0.25, 0.3) is 0 Å². The van der Waals surface area contributed by atoms with Gasteiger partial charge in [-0.25, -0.2) is 13.2 Å². The molecule has 0 aliphatic heterocycles. The number of thiol groups is 1. The van der Waals surface area contributed by atoms with Crippen LogP contribution in [0.5, 0.6) is 0 Å². The summed E-state index contributed by atoms with van der Waals surface area (Å²) < 4.78 is 37.2. The Morgan fingerprint density at radius 2 is 1.55 bits per heavy atom. The second-order valence-corrected chi connectivity index (χ2v) is 2.33. The molecule has 0 fully saturated rings. The van der Waals surface area contributed by atoms with Gasteiger partial charge in [0.1, 0.15) is 5.82 Å². The molecule has 0 saturated heterocycles. The number of rotatable bonds is 1. The molecule has 0 radical (unpaired) electrons. The van der Waals surface area contributed by atoms with Crippen molar-refractivity contribution < 1.29 is 13.2 Å². The van der Waals surface area contributed by atoms with Crippen molar-refractivity contribution in [2.75, 3.05) is 0 Å². The van der Waals surface area contributed by atoms with Gasteiger partial charge in [-0.05, 0) is 6.07 Å². The molecule has 1 aromatic carbocycles. The van der Waals surface area contributed by atoms with E-state index >= 15 is 0 Å². The molecule has 0 amide bonds. The van der Waals surface area contributed by atoms with E-state index in [1.165, 1.54) is 0 Å². The van der Waals surface area contributed by atoms with Crippen molar-refractivity contribution >= 4 is 12.6 Å². The summed E-state index contributed by atoms with van der Waals surface area (Å²) in [6, 6.07) is 1.32. The van der Waals surface area contributed by atoms with Gasteiger partial charge in [0.15, 0.2) is 11.6 Å². The number of hydrogen-bond donors (Lipinski definition) is 1. The van der Waals surface area contributed by atoms with Crippen molar-refractivity contribution in [1.82, 2.24) is 0 Å². The average Bonchev–Trinajstić information content (AvgIpc) is 1.97. The summed E-state index contributed by atoms with van der Waals surface area (Å²) in [6.45, 7) is 0. The predicted molar refractivity (Wildman–Crippen MR) is 39.0 cm³/mol. The molecule has 0 heterocycles. The zero-order valence-corrected chi connectivity index (χ0v) is 6.34. The Bertz CT molecular complexity index is 273. The molecular formula is C7H5F3S. The van der Waals surface area contributed by atoms with Crippen LogP contribution in [0.15, 0.2) is 12.1 Å². The van der Waals surface area contributed by atoms with E-state index in [-0.39, 0.29) is 11.3 Å². The molecule has 0 aliphatic rings. The molecule has 0 aliphatic carbocycles. The Kier molecular flexibility index (Phi) is 2.44. The van der Waals surface area contributed by atoms with E-state index < -0.39 is 17.5 Å². The Labute approximate surface area is 67.4 Å². The van der Waals surface area contributed by atoms with Crippen LogP contribution in [0.2, 0.25) is 0 Å². The van der Waals surface area contributed by atoms with E-state index in [1.807, 2.05) is 0 Å². The molecule has 0 saturated carbocycles. The summed E-state index contributed by atoms with van der Waals surface area (Å²) in [4.78, 5) is 0. The molecule has 60 valence electrons. The number of hydrogen-bond acceptors (Lipinski definition) is 1. The van der Waals surface area contributed by atoms with Crippen LogP contribution in [0.3, 0.4) is 0 Å². The van der Waals surface area contributed by atoms with Crippen molar-refractivity contribution in [3.8, 4) is 0 Å². The van der Waals surface area contributed by atoms with Gasteiger partial charge >= 0.3 is 0 Å². The van der Waals surface area contributed by atoms with Gasteiger partial charge in [-0.1, -0.05) is 0 Å². The van der Waals surface area contributed by atoms with Crippen molar-refractivity contribution in [1.29, 1.82) is 0 Å². The van der Waals surface area contributed by atoms with Crippen LogP contribution in [-0.2, 0) is 5.75 Å². The summed E-state index contributed by atoms with van der Waals surface area (Å²) in [5.74, 6) is -2.93. The fourth-order valence-corrected chi connectivity index (χ4v) is 0.927. The summed E-state index contributed by atoms with van der Waals surface area (Å²) >= 11 is 3.73. The van der Waals surface area contributed by atoms with E-state index in [4.69, 9.17) is 0 Å². The third-order valence-corrected chi connectivity index (χ3v) is 1.60. The second-order valence-electron chi connectivity index (χ2n) is 2.02. The normalized spacial score (nSPS) is 10.2. The molecule has 4 heteroatoms. The first kappa shape index (κ1) is 8.46. The maximum atomic E-state index is 12.6. The van der Waals surface area contributed by atoms with Crippen molar-refractivity contribution in [2.24, 2.45) is 0 Å². The fraction of sp³-hybridized carbons (Fsp3) is 0.143. The van der Waals surface area contributed by atoms with Gasteiger partial charge in [-0.3, -0.25) is 0 Å². The van der Waals surface area contributed by atoms with E-state index in [0.717, 1.165) is 6.07 Å². The van der Waals surface area contributed by atoms with E-state index in [2.05, 4.69) is 12.6 Å². The third-order valence-electron chi connectivity index (χ3n) is 1.26. The van der Waals surface area contributed by atoms with E-state index in [9.17, 15) is 13.2 Å². The number of benzene rings is 1. The van der Waals surface area contributed by atoms with Crippen LogP contribution in [0, 0.1) is 17.5 Å². The molecule has 0 N–H and O–H groups in total. The first-order valence-electron chi connectivity index (χ1n) is 2.89. The fourth-order valence-electron chi connectivity index (χ4n) is 0.685. The molecule has 11 heavy (non-hydrogen) atoms. The van der Waals surface area contributed by atoms with Gasteiger partial charge in [0.05, 0.1) is 0 Å². The Morgan fingerprint density at radius 3 is 2.09 bits per heavy atom. The zero-order chi connectivity index (χ0) is 8.43. The molecule has 0 bridgehead atoms. The molecule has 0 unspecified atom stereocenters. The van der Waals surface area contributed by atoms with E-state index in [1.54, 1.807) is 0 Å². The van der Waals surface area contributed by atoms with E-state index in [0.29, 0.717) is 6.07 Å². The number of halogens is 3. The first-order valence-corrected chi connectivity index (χ1v) is 3.52. The van der Waals surface area contributed by atoms with Gasteiger partial charge in [0.2, 0.25) is 0 Å². The SMILES string of the molecule is Fc1cc(F)c(CS)cc1F. The second kappa shape index (κ2) is 3.17. The molecule has 0 nitrogen and oxygen atoms in total. The predicted octanol–water partition coefficient (Wildman–Crippen LogP) is 2.53. The standard InChI is InChI=1S/C7H5F3S/c8-5-2-7(10)6(9)1-4(5)3-11/h1-2,11H,3H2. The van der Waals surface area contributed by atoms with Crippen LogP contribution < -0.4 is 0 Å². The highest BCUT2D eigenvalue weighted by atomic mass is 32.1. The average molecular weight is 178 g/mol. The smallest absolute Gasteiger partial charge is 0.161 e. The molecule has 0 atom stereocenters.